The molecule has 0 aliphatic rings. The minimum atomic E-state index is -0.931. The van der Waals surface area contributed by atoms with Gasteiger partial charge < -0.3 is 14.6 Å². The molecule has 0 saturated heterocycles. The van der Waals surface area contributed by atoms with Crippen molar-refractivity contribution in [1.29, 1.82) is 0 Å². The Balaban J connectivity index is 1.27. The lowest BCUT2D eigenvalue weighted by Crippen LogP contribution is -2.30. The molecule has 1 atom stereocenters. The molecule has 4 aromatic rings. The molecule has 7 nitrogen and oxygen atoms in total. The van der Waals surface area contributed by atoms with Crippen LogP contribution >= 0.6 is 0 Å². The number of hydrogen-bond donors (Lipinski definition) is 1. The molecule has 0 aliphatic heterocycles. The standard InChI is InChI=1S/C25H23N3O4/c1-16-7-9-19(10-8-16)24-27-22(32-28-24)13-14-23(29)31-17(2)25(30)26-21-12-11-18-5-3-4-6-20(18)15-21/h3-12,15,17H,13-14H2,1-2H3,(H,26,30). The molecular weight excluding hydrogens is 406 g/mol. The average Bonchev–Trinajstić information content (AvgIpc) is 3.27. The summed E-state index contributed by atoms with van der Waals surface area (Å²) >= 11 is 0. The predicted molar refractivity (Wildman–Crippen MR) is 121 cm³/mol. The summed E-state index contributed by atoms with van der Waals surface area (Å²) in [5, 5.41) is 8.82. The highest BCUT2D eigenvalue weighted by Crippen LogP contribution is 2.19. The van der Waals surface area contributed by atoms with E-state index in [4.69, 9.17) is 9.26 Å². The lowest BCUT2D eigenvalue weighted by Gasteiger charge is -2.13. The molecule has 0 spiro atoms. The summed E-state index contributed by atoms with van der Waals surface area (Å²) < 4.78 is 10.5. The highest BCUT2D eigenvalue weighted by Gasteiger charge is 2.19. The van der Waals surface area contributed by atoms with Gasteiger partial charge in [0.1, 0.15) is 0 Å². The van der Waals surface area contributed by atoms with Crippen LogP contribution in [-0.4, -0.2) is 28.1 Å². The Labute approximate surface area is 185 Å². The molecule has 1 amide bonds. The monoisotopic (exact) mass is 429 g/mol. The second kappa shape index (κ2) is 9.43. The second-order valence-electron chi connectivity index (χ2n) is 7.56. The number of carbonyl (C=O) groups is 2. The van der Waals surface area contributed by atoms with Crippen molar-refractivity contribution in [2.75, 3.05) is 5.32 Å². The van der Waals surface area contributed by atoms with Gasteiger partial charge in [-0.3, -0.25) is 9.59 Å². The van der Waals surface area contributed by atoms with Crippen molar-refractivity contribution >= 4 is 28.3 Å². The summed E-state index contributed by atoms with van der Waals surface area (Å²) in [7, 11) is 0. The lowest BCUT2D eigenvalue weighted by molar-refractivity contribution is -0.153. The van der Waals surface area contributed by atoms with Gasteiger partial charge in [0.15, 0.2) is 6.10 Å². The van der Waals surface area contributed by atoms with Gasteiger partial charge in [-0.05, 0) is 36.8 Å². The van der Waals surface area contributed by atoms with Crippen molar-refractivity contribution in [3.8, 4) is 11.4 Å². The molecular formula is C25H23N3O4. The fraction of sp³-hybridized carbons (Fsp3) is 0.200. The summed E-state index contributed by atoms with van der Waals surface area (Å²) in [6, 6.07) is 21.2. The van der Waals surface area contributed by atoms with Gasteiger partial charge in [0.05, 0.1) is 6.42 Å². The van der Waals surface area contributed by atoms with Gasteiger partial charge >= 0.3 is 5.97 Å². The quantitative estimate of drug-likeness (QED) is 0.428. The molecule has 162 valence electrons. The van der Waals surface area contributed by atoms with Crippen LogP contribution in [0.2, 0.25) is 0 Å². The van der Waals surface area contributed by atoms with Crippen LogP contribution in [0.15, 0.2) is 71.3 Å². The number of amides is 1. The maximum Gasteiger partial charge on any atom is 0.307 e. The number of esters is 1. The molecule has 0 radical (unpaired) electrons. The second-order valence-corrected chi connectivity index (χ2v) is 7.56. The fourth-order valence-electron chi connectivity index (χ4n) is 3.21. The zero-order chi connectivity index (χ0) is 22.5. The number of aryl methyl sites for hydroxylation is 2. The Morgan fingerprint density at radius 3 is 2.56 bits per heavy atom. The first-order valence-electron chi connectivity index (χ1n) is 10.4. The average molecular weight is 429 g/mol. The van der Waals surface area contributed by atoms with E-state index >= 15 is 0 Å². The van der Waals surface area contributed by atoms with Gasteiger partial charge in [-0.1, -0.05) is 65.3 Å². The number of carbonyl (C=O) groups excluding carboxylic acids is 2. The number of nitrogens with one attached hydrogen (secondary N) is 1. The Bertz CT molecular complexity index is 1250. The number of anilines is 1. The third kappa shape index (κ3) is 5.18. The Morgan fingerprint density at radius 2 is 1.78 bits per heavy atom. The normalized spacial score (nSPS) is 11.8. The Kier molecular flexibility index (Phi) is 6.26. The van der Waals surface area contributed by atoms with Crippen molar-refractivity contribution in [3.63, 3.8) is 0 Å². The van der Waals surface area contributed by atoms with Crippen molar-refractivity contribution in [2.24, 2.45) is 0 Å². The summed E-state index contributed by atoms with van der Waals surface area (Å²) in [6.07, 6.45) is -0.667. The van der Waals surface area contributed by atoms with Crippen molar-refractivity contribution in [3.05, 3.63) is 78.2 Å². The topological polar surface area (TPSA) is 94.3 Å². The highest BCUT2D eigenvalue weighted by atomic mass is 16.5. The fourth-order valence-corrected chi connectivity index (χ4v) is 3.21. The van der Waals surface area contributed by atoms with E-state index in [1.54, 1.807) is 0 Å². The summed E-state index contributed by atoms with van der Waals surface area (Å²) in [4.78, 5) is 28.9. The number of aromatic nitrogens is 2. The zero-order valence-corrected chi connectivity index (χ0v) is 17.9. The number of fused-ring (bicyclic) bond motifs is 1. The van der Waals surface area contributed by atoms with Crippen LogP contribution in [0.5, 0.6) is 0 Å². The van der Waals surface area contributed by atoms with Crippen LogP contribution < -0.4 is 5.32 Å². The molecule has 1 aromatic heterocycles. The van der Waals surface area contributed by atoms with E-state index in [-0.39, 0.29) is 12.8 Å². The van der Waals surface area contributed by atoms with Gasteiger partial charge in [-0.15, -0.1) is 0 Å². The first-order valence-corrected chi connectivity index (χ1v) is 10.4. The van der Waals surface area contributed by atoms with Gasteiger partial charge in [0, 0.05) is 17.7 Å². The molecule has 0 fully saturated rings. The summed E-state index contributed by atoms with van der Waals surface area (Å²) in [5.41, 5.74) is 2.62. The van der Waals surface area contributed by atoms with E-state index in [1.807, 2.05) is 73.7 Å². The number of hydrogen-bond acceptors (Lipinski definition) is 6. The maximum atomic E-state index is 12.4. The van der Waals surface area contributed by atoms with Crippen LogP contribution in [0.4, 0.5) is 5.69 Å². The van der Waals surface area contributed by atoms with E-state index in [0.717, 1.165) is 21.9 Å². The number of benzene rings is 3. The number of ether oxygens (including phenoxy) is 1. The third-order valence-corrected chi connectivity index (χ3v) is 5.02. The summed E-state index contributed by atoms with van der Waals surface area (Å²) in [6.45, 7) is 3.54. The SMILES string of the molecule is Cc1ccc(-c2noc(CCC(=O)OC(C)C(=O)Nc3ccc4ccccc4c3)n2)cc1. The Hall–Kier alpha value is -4.00. The first-order chi connectivity index (χ1) is 15.5. The third-order valence-electron chi connectivity index (χ3n) is 5.02. The van der Waals surface area contributed by atoms with Crippen LogP contribution in [0, 0.1) is 6.92 Å². The van der Waals surface area contributed by atoms with Gasteiger partial charge in [0.25, 0.3) is 5.91 Å². The smallest absolute Gasteiger partial charge is 0.307 e. The minimum Gasteiger partial charge on any atom is -0.453 e. The van der Waals surface area contributed by atoms with E-state index < -0.39 is 18.0 Å². The number of nitrogens with zero attached hydrogens (tertiary/aromatic N) is 2. The Morgan fingerprint density at radius 1 is 1.03 bits per heavy atom. The van der Waals surface area contributed by atoms with Crippen molar-refractivity contribution < 1.29 is 18.8 Å². The highest BCUT2D eigenvalue weighted by molar-refractivity contribution is 5.97. The van der Waals surface area contributed by atoms with Crippen molar-refractivity contribution in [2.45, 2.75) is 32.8 Å². The number of rotatable bonds is 7. The van der Waals surface area contributed by atoms with E-state index in [9.17, 15) is 9.59 Å². The lowest BCUT2D eigenvalue weighted by atomic mass is 10.1. The minimum absolute atomic E-state index is 0.0309. The van der Waals surface area contributed by atoms with E-state index in [2.05, 4.69) is 15.5 Å². The maximum absolute atomic E-state index is 12.4. The van der Waals surface area contributed by atoms with Crippen LogP contribution in [0.25, 0.3) is 22.2 Å². The molecule has 7 heteroatoms. The van der Waals surface area contributed by atoms with Crippen LogP contribution in [-0.2, 0) is 20.7 Å². The van der Waals surface area contributed by atoms with E-state index in [0.29, 0.717) is 17.4 Å². The molecule has 32 heavy (non-hydrogen) atoms. The zero-order valence-electron chi connectivity index (χ0n) is 17.9. The first kappa shape index (κ1) is 21.2. The molecule has 1 heterocycles. The van der Waals surface area contributed by atoms with Gasteiger partial charge in [-0.25, -0.2) is 0 Å². The molecule has 4 rings (SSSR count). The van der Waals surface area contributed by atoms with Gasteiger partial charge in [0.2, 0.25) is 11.7 Å². The molecule has 3 aromatic carbocycles. The summed E-state index contributed by atoms with van der Waals surface area (Å²) in [5.74, 6) is -0.100. The predicted octanol–water partition coefficient (Wildman–Crippen LogP) is 4.70. The van der Waals surface area contributed by atoms with Crippen LogP contribution in [0.3, 0.4) is 0 Å². The molecule has 0 bridgehead atoms. The molecule has 1 unspecified atom stereocenters. The van der Waals surface area contributed by atoms with E-state index in [1.165, 1.54) is 6.92 Å². The van der Waals surface area contributed by atoms with Crippen molar-refractivity contribution in [1.82, 2.24) is 10.1 Å². The van der Waals surface area contributed by atoms with Crippen LogP contribution in [0.1, 0.15) is 24.8 Å². The molecule has 1 N–H and O–H groups in total. The largest absolute Gasteiger partial charge is 0.453 e. The molecule has 0 saturated carbocycles. The molecule has 0 aliphatic carbocycles. The van der Waals surface area contributed by atoms with Gasteiger partial charge in [-0.2, -0.15) is 4.98 Å².